The molecule has 2 aromatic rings. The van der Waals surface area contributed by atoms with E-state index in [0.717, 1.165) is 28.4 Å². The maximum absolute atomic E-state index is 6.13. The molecule has 2 rings (SSSR count). The average Bonchev–Trinajstić information content (AvgIpc) is 2.71. The van der Waals surface area contributed by atoms with Gasteiger partial charge in [-0.2, -0.15) is 0 Å². The zero-order valence-electron chi connectivity index (χ0n) is 10.8. The van der Waals surface area contributed by atoms with E-state index in [4.69, 9.17) is 11.6 Å². The van der Waals surface area contributed by atoms with Crippen molar-refractivity contribution in [3.8, 4) is 0 Å². The lowest BCUT2D eigenvalue weighted by molar-refractivity contribution is 0.568. The lowest BCUT2D eigenvalue weighted by Crippen LogP contribution is -2.24. The van der Waals surface area contributed by atoms with Crippen molar-refractivity contribution in [1.29, 1.82) is 0 Å². The van der Waals surface area contributed by atoms with Crippen LogP contribution in [0.4, 0.5) is 0 Å². The van der Waals surface area contributed by atoms with Crippen molar-refractivity contribution in [2.75, 3.05) is 6.54 Å². The highest BCUT2D eigenvalue weighted by atomic mass is 35.5. The molecule has 0 aliphatic heterocycles. The zero-order valence-corrected chi connectivity index (χ0v) is 11.6. The van der Waals surface area contributed by atoms with Crippen LogP contribution in [0.2, 0.25) is 5.02 Å². The van der Waals surface area contributed by atoms with Crippen LogP contribution in [-0.4, -0.2) is 21.5 Å². The summed E-state index contributed by atoms with van der Waals surface area (Å²) in [6.45, 7) is 4.98. The molecule has 0 aliphatic carbocycles. The summed E-state index contributed by atoms with van der Waals surface area (Å²) in [5.74, 6) is 0. The molecule has 1 aromatic heterocycles. The molecule has 18 heavy (non-hydrogen) atoms. The molecule has 0 saturated carbocycles. The molecule has 0 amide bonds. The topological polar surface area (TPSA) is 42.7 Å². The first-order valence-electron chi connectivity index (χ1n) is 5.97. The SMILES string of the molecule is CCNC(c1cc(C)cc(Cl)c1)c1cnnn1C. The molecule has 5 heteroatoms. The van der Waals surface area contributed by atoms with Crippen LogP contribution in [0.25, 0.3) is 0 Å². The van der Waals surface area contributed by atoms with Crippen LogP contribution >= 0.6 is 11.6 Å². The standard InChI is InChI=1S/C13H17ClN4/c1-4-15-13(12-8-16-17-18(12)3)10-5-9(2)6-11(14)7-10/h5-8,13,15H,4H2,1-3H3. The fraction of sp³-hybridized carbons (Fsp3) is 0.385. The third-order valence-electron chi connectivity index (χ3n) is 2.85. The first-order valence-corrected chi connectivity index (χ1v) is 6.34. The Kier molecular flexibility index (Phi) is 3.99. The van der Waals surface area contributed by atoms with Gasteiger partial charge in [-0.3, -0.25) is 4.68 Å². The number of hydrogen-bond acceptors (Lipinski definition) is 3. The van der Waals surface area contributed by atoms with Crippen LogP contribution in [-0.2, 0) is 7.05 Å². The Morgan fingerprint density at radius 3 is 2.72 bits per heavy atom. The van der Waals surface area contributed by atoms with E-state index in [2.05, 4.69) is 28.6 Å². The molecular formula is C13H17ClN4. The van der Waals surface area contributed by atoms with Gasteiger partial charge in [-0.15, -0.1) is 5.10 Å². The van der Waals surface area contributed by atoms with Gasteiger partial charge in [-0.25, -0.2) is 0 Å². The largest absolute Gasteiger partial charge is 0.305 e. The van der Waals surface area contributed by atoms with Crippen molar-refractivity contribution >= 4 is 11.6 Å². The van der Waals surface area contributed by atoms with Crippen molar-refractivity contribution in [2.24, 2.45) is 7.05 Å². The summed E-state index contributed by atoms with van der Waals surface area (Å²) < 4.78 is 1.78. The molecule has 1 heterocycles. The maximum atomic E-state index is 6.13. The van der Waals surface area contributed by atoms with Crippen LogP contribution in [0, 0.1) is 6.92 Å². The average molecular weight is 265 g/mol. The van der Waals surface area contributed by atoms with Crippen molar-refractivity contribution in [1.82, 2.24) is 20.3 Å². The summed E-state index contributed by atoms with van der Waals surface area (Å²) >= 11 is 6.13. The van der Waals surface area contributed by atoms with Gasteiger partial charge in [0.25, 0.3) is 0 Å². The zero-order chi connectivity index (χ0) is 13.1. The molecule has 1 unspecified atom stereocenters. The van der Waals surface area contributed by atoms with Gasteiger partial charge in [0.1, 0.15) is 0 Å². The Labute approximate surface area is 112 Å². The number of aryl methyl sites for hydroxylation is 2. The number of hydrogen-bond donors (Lipinski definition) is 1. The minimum Gasteiger partial charge on any atom is -0.305 e. The Morgan fingerprint density at radius 1 is 1.39 bits per heavy atom. The van der Waals surface area contributed by atoms with Crippen LogP contribution in [0.1, 0.15) is 29.8 Å². The van der Waals surface area contributed by atoms with Gasteiger partial charge in [0.05, 0.1) is 17.9 Å². The van der Waals surface area contributed by atoms with Gasteiger partial charge >= 0.3 is 0 Å². The van der Waals surface area contributed by atoms with Gasteiger partial charge < -0.3 is 5.32 Å². The van der Waals surface area contributed by atoms with Crippen molar-refractivity contribution in [3.05, 3.63) is 46.2 Å². The molecule has 0 saturated heterocycles. The van der Waals surface area contributed by atoms with E-state index in [1.54, 1.807) is 10.9 Å². The van der Waals surface area contributed by atoms with Crippen LogP contribution in [0.3, 0.4) is 0 Å². The third kappa shape index (κ3) is 2.71. The molecule has 0 bridgehead atoms. The van der Waals surface area contributed by atoms with Gasteiger partial charge in [-0.1, -0.05) is 29.8 Å². The Hall–Kier alpha value is -1.39. The van der Waals surface area contributed by atoms with Gasteiger partial charge in [0.15, 0.2) is 0 Å². The predicted molar refractivity (Wildman–Crippen MR) is 72.7 cm³/mol. The highest BCUT2D eigenvalue weighted by molar-refractivity contribution is 6.30. The molecular weight excluding hydrogens is 248 g/mol. The number of benzene rings is 1. The number of rotatable bonds is 4. The van der Waals surface area contributed by atoms with E-state index in [0.29, 0.717) is 0 Å². The molecule has 1 atom stereocenters. The monoisotopic (exact) mass is 264 g/mol. The predicted octanol–water partition coefficient (Wildman–Crippen LogP) is 2.48. The Balaban J connectivity index is 2.44. The normalized spacial score (nSPS) is 12.7. The Bertz CT molecular complexity index is 515. The second-order valence-electron chi connectivity index (χ2n) is 4.34. The lowest BCUT2D eigenvalue weighted by atomic mass is 10.0. The fourth-order valence-electron chi connectivity index (χ4n) is 2.09. The van der Waals surface area contributed by atoms with E-state index in [9.17, 15) is 0 Å². The van der Waals surface area contributed by atoms with Crippen LogP contribution in [0.5, 0.6) is 0 Å². The Morgan fingerprint density at radius 2 is 2.17 bits per heavy atom. The van der Waals surface area contributed by atoms with Crippen LogP contribution < -0.4 is 5.32 Å². The number of nitrogens with one attached hydrogen (secondary N) is 1. The minimum atomic E-state index is 0.0624. The van der Waals surface area contributed by atoms with Gasteiger partial charge in [0.2, 0.25) is 0 Å². The molecule has 1 aromatic carbocycles. The molecule has 96 valence electrons. The van der Waals surface area contributed by atoms with E-state index in [1.165, 1.54) is 0 Å². The summed E-state index contributed by atoms with van der Waals surface area (Å²) in [5.41, 5.74) is 3.31. The highest BCUT2D eigenvalue weighted by Gasteiger charge is 2.17. The first-order chi connectivity index (χ1) is 8.61. The van der Waals surface area contributed by atoms with Gasteiger partial charge in [0, 0.05) is 12.1 Å². The first kappa shape index (κ1) is 13.1. The van der Waals surface area contributed by atoms with E-state index < -0.39 is 0 Å². The lowest BCUT2D eigenvalue weighted by Gasteiger charge is -2.18. The number of aromatic nitrogens is 3. The molecule has 0 aliphatic rings. The van der Waals surface area contributed by atoms with Crippen molar-refractivity contribution < 1.29 is 0 Å². The number of halogens is 1. The molecule has 0 spiro atoms. The fourth-order valence-corrected chi connectivity index (χ4v) is 2.39. The molecule has 0 radical (unpaired) electrons. The molecule has 0 fully saturated rings. The quantitative estimate of drug-likeness (QED) is 0.923. The number of nitrogens with zero attached hydrogens (tertiary/aromatic N) is 3. The van der Waals surface area contributed by atoms with Gasteiger partial charge in [-0.05, 0) is 36.7 Å². The second-order valence-corrected chi connectivity index (χ2v) is 4.77. The smallest absolute Gasteiger partial charge is 0.0798 e. The summed E-state index contributed by atoms with van der Waals surface area (Å²) in [6, 6.07) is 6.13. The highest BCUT2D eigenvalue weighted by Crippen LogP contribution is 2.25. The van der Waals surface area contributed by atoms with E-state index in [-0.39, 0.29) is 6.04 Å². The van der Waals surface area contributed by atoms with E-state index in [1.807, 2.05) is 26.1 Å². The second kappa shape index (κ2) is 5.50. The maximum Gasteiger partial charge on any atom is 0.0798 e. The summed E-state index contributed by atoms with van der Waals surface area (Å²) in [5, 5.41) is 12.1. The molecule has 1 N–H and O–H groups in total. The van der Waals surface area contributed by atoms with E-state index >= 15 is 0 Å². The molecule has 4 nitrogen and oxygen atoms in total. The summed E-state index contributed by atoms with van der Waals surface area (Å²) in [7, 11) is 1.89. The minimum absolute atomic E-state index is 0.0624. The van der Waals surface area contributed by atoms with Crippen molar-refractivity contribution in [2.45, 2.75) is 19.9 Å². The third-order valence-corrected chi connectivity index (χ3v) is 3.07. The summed E-state index contributed by atoms with van der Waals surface area (Å²) in [6.07, 6.45) is 1.78. The summed E-state index contributed by atoms with van der Waals surface area (Å²) in [4.78, 5) is 0. The van der Waals surface area contributed by atoms with Crippen LogP contribution in [0.15, 0.2) is 24.4 Å². The van der Waals surface area contributed by atoms with Crippen molar-refractivity contribution in [3.63, 3.8) is 0 Å².